The van der Waals surface area contributed by atoms with Gasteiger partial charge in [0.15, 0.2) is 0 Å². The van der Waals surface area contributed by atoms with E-state index in [9.17, 15) is 4.39 Å². The fraction of sp³-hybridized carbons (Fsp3) is 0.500. The van der Waals surface area contributed by atoms with E-state index in [4.69, 9.17) is 5.26 Å². The molecule has 0 radical (unpaired) electrons. The van der Waals surface area contributed by atoms with Crippen molar-refractivity contribution in [2.45, 2.75) is 20.3 Å². The molecule has 1 saturated heterocycles. The molecule has 2 rings (SSSR count). The van der Waals surface area contributed by atoms with Gasteiger partial charge >= 0.3 is 0 Å². The highest BCUT2D eigenvalue weighted by atomic mass is 19.1. The molecule has 1 heterocycles. The third kappa shape index (κ3) is 2.58. The van der Waals surface area contributed by atoms with Gasteiger partial charge in [0, 0.05) is 13.1 Å². The summed E-state index contributed by atoms with van der Waals surface area (Å²) >= 11 is 0. The average Bonchev–Trinajstić information content (AvgIpc) is 2.27. The molecule has 1 aliphatic rings. The van der Waals surface area contributed by atoms with E-state index in [1.165, 1.54) is 18.6 Å². The zero-order valence-electron chi connectivity index (χ0n) is 10.3. The van der Waals surface area contributed by atoms with Crippen molar-refractivity contribution in [1.29, 1.82) is 5.26 Å². The van der Waals surface area contributed by atoms with E-state index in [2.05, 4.69) is 24.8 Å². The van der Waals surface area contributed by atoms with Gasteiger partial charge in [-0.25, -0.2) is 4.39 Å². The Morgan fingerprint density at radius 2 is 1.94 bits per heavy atom. The first-order chi connectivity index (χ1) is 8.10. The molecule has 1 aromatic rings. The highest BCUT2D eigenvalue weighted by Gasteiger charge is 2.23. The summed E-state index contributed by atoms with van der Waals surface area (Å²) in [6.45, 7) is 6.34. The van der Waals surface area contributed by atoms with Crippen molar-refractivity contribution in [3.8, 4) is 6.07 Å². The third-order valence-electron chi connectivity index (χ3n) is 3.29. The largest absolute Gasteiger partial charge is 0.370 e. The number of hydrogen-bond acceptors (Lipinski definition) is 2. The Bertz CT molecular complexity index is 440. The lowest BCUT2D eigenvalue weighted by atomic mass is 9.91. The van der Waals surface area contributed by atoms with Crippen LogP contribution in [0, 0.1) is 29.0 Å². The van der Waals surface area contributed by atoms with E-state index in [1.807, 2.05) is 0 Å². The number of halogens is 1. The highest BCUT2D eigenvalue weighted by molar-refractivity contribution is 5.59. The summed E-state index contributed by atoms with van der Waals surface area (Å²) in [5, 5.41) is 9.06. The Morgan fingerprint density at radius 3 is 2.53 bits per heavy atom. The molecule has 90 valence electrons. The lowest BCUT2D eigenvalue weighted by Crippen LogP contribution is -2.39. The quantitative estimate of drug-likeness (QED) is 0.743. The van der Waals surface area contributed by atoms with Crippen LogP contribution in [-0.2, 0) is 0 Å². The summed E-state index contributed by atoms with van der Waals surface area (Å²) in [5.41, 5.74) is 1.30. The van der Waals surface area contributed by atoms with Crippen LogP contribution in [0.1, 0.15) is 25.8 Å². The predicted molar refractivity (Wildman–Crippen MR) is 66.3 cm³/mol. The first-order valence-corrected chi connectivity index (χ1v) is 6.04. The van der Waals surface area contributed by atoms with Gasteiger partial charge < -0.3 is 4.90 Å². The van der Waals surface area contributed by atoms with Gasteiger partial charge in [-0.15, -0.1) is 0 Å². The number of anilines is 1. The molecule has 17 heavy (non-hydrogen) atoms. The van der Waals surface area contributed by atoms with Crippen LogP contribution >= 0.6 is 0 Å². The molecular formula is C14H17FN2. The molecule has 0 amide bonds. The Balaban J connectivity index is 2.30. The maximum atomic E-state index is 13.1. The molecule has 2 unspecified atom stereocenters. The van der Waals surface area contributed by atoms with Gasteiger partial charge in [0.1, 0.15) is 11.9 Å². The minimum absolute atomic E-state index is 0.344. The second-order valence-electron chi connectivity index (χ2n) is 5.12. The van der Waals surface area contributed by atoms with Crippen LogP contribution in [0.4, 0.5) is 10.1 Å². The van der Waals surface area contributed by atoms with Gasteiger partial charge in [-0.1, -0.05) is 13.8 Å². The first kappa shape index (κ1) is 11.9. The van der Waals surface area contributed by atoms with Crippen molar-refractivity contribution >= 4 is 5.69 Å². The van der Waals surface area contributed by atoms with Gasteiger partial charge in [-0.2, -0.15) is 5.26 Å². The first-order valence-electron chi connectivity index (χ1n) is 6.04. The summed E-state index contributed by atoms with van der Waals surface area (Å²) in [5.74, 6) is 0.897. The Morgan fingerprint density at radius 1 is 1.29 bits per heavy atom. The minimum Gasteiger partial charge on any atom is -0.370 e. The molecule has 2 nitrogen and oxygen atoms in total. The summed E-state index contributed by atoms with van der Waals surface area (Å²) in [7, 11) is 0. The Kier molecular flexibility index (Phi) is 3.33. The van der Waals surface area contributed by atoms with Gasteiger partial charge in [-0.3, -0.25) is 0 Å². The van der Waals surface area contributed by atoms with E-state index in [1.54, 1.807) is 6.07 Å². The zero-order chi connectivity index (χ0) is 12.4. The third-order valence-corrected chi connectivity index (χ3v) is 3.29. The van der Waals surface area contributed by atoms with Crippen molar-refractivity contribution in [3.63, 3.8) is 0 Å². The number of piperidine rings is 1. The molecule has 2 atom stereocenters. The fourth-order valence-electron chi connectivity index (χ4n) is 2.73. The van der Waals surface area contributed by atoms with E-state index in [0.29, 0.717) is 17.4 Å². The predicted octanol–water partition coefficient (Wildman–Crippen LogP) is 3.18. The van der Waals surface area contributed by atoms with Crippen LogP contribution in [0.3, 0.4) is 0 Å². The Labute approximate surface area is 102 Å². The number of hydrogen-bond donors (Lipinski definition) is 0. The van der Waals surface area contributed by atoms with Crippen LogP contribution in [0.2, 0.25) is 0 Å². The summed E-state index contributed by atoms with van der Waals surface area (Å²) < 4.78 is 13.1. The van der Waals surface area contributed by atoms with E-state index < -0.39 is 0 Å². The molecule has 0 spiro atoms. The second-order valence-corrected chi connectivity index (χ2v) is 5.12. The zero-order valence-corrected chi connectivity index (χ0v) is 10.3. The molecule has 0 saturated carbocycles. The average molecular weight is 232 g/mol. The second kappa shape index (κ2) is 4.75. The lowest BCUT2D eigenvalue weighted by Gasteiger charge is -2.37. The van der Waals surface area contributed by atoms with Gasteiger partial charge in [0.2, 0.25) is 0 Å². The molecule has 0 bridgehead atoms. The highest BCUT2D eigenvalue weighted by Crippen LogP contribution is 2.28. The van der Waals surface area contributed by atoms with E-state index in [0.717, 1.165) is 18.8 Å². The molecule has 1 aliphatic heterocycles. The number of nitrogens with zero attached hydrogens (tertiary/aromatic N) is 2. The standard InChI is InChI=1S/C14H17FN2/c1-10-5-11(2)9-17(8-10)14-4-3-13(15)6-12(14)7-16/h3-4,6,10-11H,5,8-9H2,1-2H3. The van der Waals surface area contributed by atoms with Crippen molar-refractivity contribution in [3.05, 3.63) is 29.6 Å². The van der Waals surface area contributed by atoms with Crippen LogP contribution < -0.4 is 4.90 Å². The summed E-state index contributed by atoms with van der Waals surface area (Å²) in [6.07, 6.45) is 1.22. The van der Waals surface area contributed by atoms with E-state index >= 15 is 0 Å². The monoisotopic (exact) mass is 232 g/mol. The van der Waals surface area contributed by atoms with Crippen LogP contribution in [0.5, 0.6) is 0 Å². The van der Waals surface area contributed by atoms with Crippen molar-refractivity contribution in [2.75, 3.05) is 18.0 Å². The van der Waals surface area contributed by atoms with Crippen LogP contribution in [0.25, 0.3) is 0 Å². The topological polar surface area (TPSA) is 27.0 Å². The number of benzene rings is 1. The molecule has 0 aromatic heterocycles. The molecule has 0 N–H and O–H groups in total. The van der Waals surface area contributed by atoms with Crippen LogP contribution in [0.15, 0.2) is 18.2 Å². The van der Waals surface area contributed by atoms with Crippen molar-refractivity contribution < 1.29 is 4.39 Å². The summed E-state index contributed by atoms with van der Waals surface area (Å²) in [4.78, 5) is 2.21. The maximum Gasteiger partial charge on any atom is 0.124 e. The molecule has 1 aromatic carbocycles. The minimum atomic E-state index is -0.344. The van der Waals surface area contributed by atoms with Crippen molar-refractivity contribution in [1.82, 2.24) is 0 Å². The van der Waals surface area contributed by atoms with Crippen LogP contribution in [-0.4, -0.2) is 13.1 Å². The maximum absolute atomic E-state index is 13.1. The van der Waals surface area contributed by atoms with Gasteiger partial charge in [0.05, 0.1) is 11.3 Å². The molecule has 3 heteroatoms. The van der Waals surface area contributed by atoms with Crippen molar-refractivity contribution in [2.24, 2.45) is 11.8 Å². The van der Waals surface area contributed by atoms with Gasteiger partial charge in [0.25, 0.3) is 0 Å². The molecule has 1 fully saturated rings. The fourth-order valence-corrected chi connectivity index (χ4v) is 2.73. The Hall–Kier alpha value is -1.56. The molecule has 0 aliphatic carbocycles. The number of nitriles is 1. The normalized spacial score (nSPS) is 24.5. The lowest BCUT2D eigenvalue weighted by molar-refractivity contribution is 0.356. The SMILES string of the molecule is CC1CC(C)CN(c2ccc(F)cc2C#N)C1. The van der Waals surface area contributed by atoms with Gasteiger partial charge in [-0.05, 0) is 36.5 Å². The summed E-state index contributed by atoms with van der Waals surface area (Å²) in [6, 6.07) is 6.55. The molecular weight excluding hydrogens is 215 g/mol. The number of rotatable bonds is 1. The van der Waals surface area contributed by atoms with E-state index in [-0.39, 0.29) is 5.82 Å². The smallest absolute Gasteiger partial charge is 0.124 e.